The predicted molar refractivity (Wildman–Crippen MR) is 106 cm³/mol. The zero-order valence-electron chi connectivity index (χ0n) is 16.7. The summed E-state index contributed by atoms with van der Waals surface area (Å²) >= 11 is 0. The summed E-state index contributed by atoms with van der Waals surface area (Å²) in [5.41, 5.74) is 4.09. The molecule has 1 aromatic carbocycles. The van der Waals surface area contributed by atoms with Gasteiger partial charge in [0, 0.05) is 11.3 Å². The van der Waals surface area contributed by atoms with Crippen LogP contribution in [0.2, 0.25) is 0 Å². The van der Waals surface area contributed by atoms with Crippen molar-refractivity contribution in [3.63, 3.8) is 0 Å². The van der Waals surface area contributed by atoms with Gasteiger partial charge in [-0.15, -0.1) is 6.42 Å². The molecule has 3 rings (SSSR count). The molecule has 0 fully saturated rings. The maximum absolute atomic E-state index is 13.8. The Hall–Kier alpha value is -3.71. The summed E-state index contributed by atoms with van der Waals surface area (Å²) in [6.45, 7) is 6.62. The molecular formula is C22H21N3O4. The van der Waals surface area contributed by atoms with Gasteiger partial charge in [-0.2, -0.15) is 5.26 Å². The van der Waals surface area contributed by atoms with E-state index in [2.05, 4.69) is 5.92 Å². The summed E-state index contributed by atoms with van der Waals surface area (Å²) in [7, 11) is 0. The molecule has 2 N–H and O–H groups in total. The van der Waals surface area contributed by atoms with Gasteiger partial charge in [0.15, 0.2) is 5.41 Å². The standard InChI is InChI=1S/C22H21N3O4/c1-6-11-25-16-10-8-7-9-14(16)22(20(25)27)15(12-23)18(24)28-13(2)17(22)19(26)29-21(3,4)5/h1,7-10H,11,24H2,2-5H3/t22-/m1/s1. The van der Waals surface area contributed by atoms with Crippen molar-refractivity contribution in [2.75, 3.05) is 11.4 Å². The lowest BCUT2D eigenvalue weighted by molar-refractivity contribution is -0.151. The van der Waals surface area contributed by atoms with E-state index in [0.29, 0.717) is 11.3 Å². The lowest BCUT2D eigenvalue weighted by Gasteiger charge is -2.35. The molecule has 0 saturated carbocycles. The van der Waals surface area contributed by atoms with Crippen LogP contribution in [-0.2, 0) is 24.5 Å². The van der Waals surface area contributed by atoms with Crippen LogP contribution in [0.15, 0.2) is 47.1 Å². The Morgan fingerprint density at radius 1 is 1.38 bits per heavy atom. The first-order valence-electron chi connectivity index (χ1n) is 8.97. The predicted octanol–water partition coefficient (Wildman–Crippen LogP) is 2.24. The minimum atomic E-state index is -1.78. The monoisotopic (exact) mass is 391 g/mol. The number of amides is 1. The van der Waals surface area contributed by atoms with E-state index in [1.807, 2.05) is 6.07 Å². The Morgan fingerprint density at radius 2 is 2.03 bits per heavy atom. The third-order valence-electron chi connectivity index (χ3n) is 4.74. The van der Waals surface area contributed by atoms with Crippen molar-refractivity contribution >= 4 is 17.6 Å². The second kappa shape index (κ2) is 6.72. The van der Waals surface area contributed by atoms with Crippen molar-refractivity contribution in [3.05, 3.63) is 52.6 Å². The number of para-hydroxylation sites is 1. The second-order valence-electron chi connectivity index (χ2n) is 7.75. The number of anilines is 1. The zero-order valence-corrected chi connectivity index (χ0v) is 16.7. The highest BCUT2D eigenvalue weighted by Crippen LogP contribution is 2.54. The van der Waals surface area contributed by atoms with E-state index in [0.717, 1.165) is 0 Å². The number of carbonyl (C=O) groups excluding carboxylic acids is 2. The normalized spacial score (nSPS) is 20.9. The van der Waals surface area contributed by atoms with Crippen LogP contribution in [0.1, 0.15) is 33.3 Å². The lowest BCUT2D eigenvalue weighted by Crippen LogP contribution is -2.49. The molecule has 7 heteroatoms. The largest absolute Gasteiger partial charge is 0.456 e. The Morgan fingerprint density at radius 3 is 2.62 bits per heavy atom. The number of benzene rings is 1. The van der Waals surface area contributed by atoms with E-state index in [1.165, 1.54) is 11.8 Å². The smallest absolute Gasteiger partial charge is 0.339 e. The van der Waals surface area contributed by atoms with E-state index in [4.69, 9.17) is 21.6 Å². The molecule has 0 aliphatic carbocycles. The van der Waals surface area contributed by atoms with E-state index in [-0.39, 0.29) is 29.3 Å². The van der Waals surface area contributed by atoms with Gasteiger partial charge in [-0.05, 0) is 33.8 Å². The molecule has 0 aromatic heterocycles. The van der Waals surface area contributed by atoms with Crippen LogP contribution in [-0.4, -0.2) is 24.0 Å². The highest BCUT2D eigenvalue weighted by atomic mass is 16.6. The number of esters is 1. The van der Waals surface area contributed by atoms with Crippen LogP contribution in [0.3, 0.4) is 0 Å². The molecule has 1 amide bonds. The maximum Gasteiger partial charge on any atom is 0.339 e. The number of allylic oxidation sites excluding steroid dienone is 1. The van der Waals surface area contributed by atoms with Crippen LogP contribution in [0.25, 0.3) is 0 Å². The molecular weight excluding hydrogens is 370 g/mol. The van der Waals surface area contributed by atoms with Crippen molar-refractivity contribution in [3.8, 4) is 18.4 Å². The van der Waals surface area contributed by atoms with Gasteiger partial charge in [-0.25, -0.2) is 4.79 Å². The van der Waals surface area contributed by atoms with Crippen molar-refractivity contribution < 1.29 is 19.1 Å². The van der Waals surface area contributed by atoms with Crippen molar-refractivity contribution in [2.45, 2.75) is 38.7 Å². The van der Waals surface area contributed by atoms with Gasteiger partial charge in [0.1, 0.15) is 28.6 Å². The minimum Gasteiger partial charge on any atom is -0.456 e. The highest BCUT2D eigenvalue weighted by molar-refractivity contribution is 6.18. The lowest BCUT2D eigenvalue weighted by atomic mass is 9.68. The first-order chi connectivity index (χ1) is 13.6. The van der Waals surface area contributed by atoms with Gasteiger partial charge >= 0.3 is 5.97 Å². The number of terminal acetylenes is 1. The molecule has 0 bridgehead atoms. The quantitative estimate of drug-likeness (QED) is 0.612. The minimum absolute atomic E-state index is 0.0300. The number of nitrogens with zero attached hydrogens (tertiary/aromatic N) is 2. The summed E-state index contributed by atoms with van der Waals surface area (Å²) in [6, 6.07) is 8.83. The third-order valence-corrected chi connectivity index (χ3v) is 4.74. The van der Waals surface area contributed by atoms with Gasteiger partial charge in [-0.1, -0.05) is 24.1 Å². The summed E-state index contributed by atoms with van der Waals surface area (Å²) in [5.74, 6) is 1.01. The van der Waals surface area contributed by atoms with Gasteiger partial charge in [0.25, 0.3) is 0 Å². The third kappa shape index (κ3) is 2.83. The van der Waals surface area contributed by atoms with Crippen LogP contribution in [0.5, 0.6) is 0 Å². The number of rotatable bonds is 2. The van der Waals surface area contributed by atoms with Crippen LogP contribution >= 0.6 is 0 Å². The first kappa shape index (κ1) is 20.0. The molecule has 1 atom stereocenters. The first-order valence-corrected chi connectivity index (χ1v) is 8.97. The molecule has 0 unspecified atom stereocenters. The molecule has 2 aliphatic rings. The summed E-state index contributed by atoms with van der Waals surface area (Å²) < 4.78 is 11.0. The topological polar surface area (TPSA) is 106 Å². The number of carbonyl (C=O) groups is 2. The molecule has 0 saturated heterocycles. The summed E-state index contributed by atoms with van der Waals surface area (Å²) in [6.07, 6.45) is 5.47. The van der Waals surface area contributed by atoms with Crippen molar-refractivity contribution in [2.24, 2.45) is 5.73 Å². The van der Waals surface area contributed by atoms with Crippen molar-refractivity contribution in [1.82, 2.24) is 0 Å². The number of ether oxygens (including phenoxy) is 2. The number of hydrogen-bond donors (Lipinski definition) is 1. The van der Waals surface area contributed by atoms with E-state index in [1.54, 1.807) is 45.0 Å². The fourth-order valence-electron chi connectivity index (χ4n) is 3.79. The zero-order chi connectivity index (χ0) is 21.6. The second-order valence-corrected chi connectivity index (χ2v) is 7.75. The fraction of sp³-hybridized carbons (Fsp3) is 0.318. The number of nitrogens with two attached hydrogens (primary N) is 1. The molecule has 29 heavy (non-hydrogen) atoms. The number of fused-ring (bicyclic) bond motifs is 2. The Labute approximate surface area is 169 Å². The summed E-state index contributed by atoms with van der Waals surface area (Å²) in [4.78, 5) is 28.4. The van der Waals surface area contributed by atoms with Gasteiger partial charge in [-0.3, -0.25) is 9.69 Å². The molecule has 148 valence electrons. The molecule has 1 spiro atoms. The molecule has 7 nitrogen and oxygen atoms in total. The van der Waals surface area contributed by atoms with Gasteiger partial charge in [0.2, 0.25) is 11.8 Å². The Balaban J connectivity index is 2.39. The van der Waals surface area contributed by atoms with E-state index in [9.17, 15) is 14.9 Å². The SMILES string of the molecule is C#CCN1C(=O)[C@@]2(C(C#N)=C(N)OC(C)=C2C(=O)OC(C)(C)C)c2ccccc21. The fourth-order valence-corrected chi connectivity index (χ4v) is 3.79. The average Bonchev–Trinajstić information content (AvgIpc) is 2.84. The van der Waals surface area contributed by atoms with E-state index < -0.39 is 22.9 Å². The van der Waals surface area contributed by atoms with Crippen LogP contribution < -0.4 is 10.6 Å². The Bertz CT molecular complexity index is 1060. The number of nitriles is 1. The molecule has 2 aliphatic heterocycles. The molecule has 2 heterocycles. The van der Waals surface area contributed by atoms with Crippen LogP contribution in [0.4, 0.5) is 5.69 Å². The molecule has 1 aromatic rings. The number of hydrogen-bond acceptors (Lipinski definition) is 6. The molecule has 0 radical (unpaired) electrons. The van der Waals surface area contributed by atoms with Gasteiger partial charge < -0.3 is 15.2 Å². The average molecular weight is 391 g/mol. The van der Waals surface area contributed by atoms with Crippen LogP contribution in [0, 0.1) is 23.7 Å². The van der Waals surface area contributed by atoms with Crippen molar-refractivity contribution in [1.29, 1.82) is 5.26 Å². The Kier molecular flexibility index (Phi) is 4.64. The van der Waals surface area contributed by atoms with Gasteiger partial charge in [0.05, 0.1) is 6.54 Å². The maximum atomic E-state index is 13.8. The summed E-state index contributed by atoms with van der Waals surface area (Å²) in [5, 5.41) is 9.91. The highest BCUT2D eigenvalue weighted by Gasteiger charge is 2.62. The van der Waals surface area contributed by atoms with E-state index >= 15 is 0 Å².